The lowest BCUT2D eigenvalue weighted by Gasteiger charge is -2.30. The molecule has 118 valence electrons. The third kappa shape index (κ3) is 4.23. The number of nitrogens with zero attached hydrogens (tertiary/aromatic N) is 1. The summed E-state index contributed by atoms with van der Waals surface area (Å²) in [5.41, 5.74) is 9.15. The van der Waals surface area contributed by atoms with Gasteiger partial charge in [0.15, 0.2) is 0 Å². The molecule has 2 atom stereocenters. The van der Waals surface area contributed by atoms with Gasteiger partial charge in [0.25, 0.3) is 0 Å². The van der Waals surface area contributed by atoms with Crippen molar-refractivity contribution >= 4 is 5.69 Å². The topological polar surface area (TPSA) is 29.3 Å². The van der Waals surface area contributed by atoms with Gasteiger partial charge in [0.1, 0.15) is 0 Å². The third-order valence-electron chi connectivity index (χ3n) is 5.08. The lowest BCUT2D eigenvalue weighted by Crippen LogP contribution is -2.26. The minimum Gasteiger partial charge on any atom is -0.372 e. The normalized spacial score (nSPS) is 22.0. The van der Waals surface area contributed by atoms with Crippen LogP contribution in [0.4, 0.5) is 5.69 Å². The maximum Gasteiger partial charge on any atom is 0.0366 e. The van der Waals surface area contributed by atoms with Crippen LogP contribution >= 0.6 is 0 Å². The molecule has 1 aliphatic rings. The van der Waals surface area contributed by atoms with Crippen LogP contribution in [0.15, 0.2) is 24.3 Å². The number of anilines is 1. The van der Waals surface area contributed by atoms with E-state index in [1.54, 1.807) is 0 Å². The Morgan fingerprint density at radius 2 is 1.81 bits per heavy atom. The summed E-state index contributed by atoms with van der Waals surface area (Å²) in [5, 5.41) is 0. The summed E-state index contributed by atoms with van der Waals surface area (Å²) >= 11 is 0. The summed E-state index contributed by atoms with van der Waals surface area (Å²) in [6, 6.07) is 9.09. The molecule has 0 aromatic heterocycles. The molecule has 1 aliphatic heterocycles. The van der Waals surface area contributed by atoms with Crippen LogP contribution in [0, 0.1) is 11.3 Å². The van der Waals surface area contributed by atoms with Crippen molar-refractivity contribution in [1.82, 2.24) is 0 Å². The van der Waals surface area contributed by atoms with E-state index in [9.17, 15) is 0 Å². The molecular formula is C19H32N2. The van der Waals surface area contributed by atoms with E-state index in [1.165, 1.54) is 43.6 Å². The lowest BCUT2D eigenvalue weighted by atomic mass is 9.77. The van der Waals surface area contributed by atoms with Crippen molar-refractivity contribution in [2.45, 2.75) is 59.4 Å². The Morgan fingerprint density at radius 1 is 1.14 bits per heavy atom. The minimum absolute atomic E-state index is 0.174. The molecule has 21 heavy (non-hydrogen) atoms. The van der Waals surface area contributed by atoms with E-state index in [1.807, 2.05) is 0 Å². The van der Waals surface area contributed by atoms with Gasteiger partial charge in [0.05, 0.1) is 0 Å². The largest absolute Gasteiger partial charge is 0.372 e. The van der Waals surface area contributed by atoms with E-state index in [0.717, 1.165) is 12.3 Å². The molecule has 0 spiro atoms. The molecule has 0 amide bonds. The van der Waals surface area contributed by atoms with Crippen molar-refractivity contribution < 1.29 is 0 Å². The highest BCUT2D eigenvalue weighted by Crippen LogP contribution is 2.35. The molecule has 1 aromatic rings. The highest BCUT2D eigenvalue weighted by atomic mass is 15.1. The van der Waals surface area contributed by atoms with Crippen LogP contribution in [0.1, 0.15) is 65.0 Å². The minimum atomic E-state index is 0.174. The first-order valence-corrected chi connectivity index (χ1v) is 8.52. The maximum atomic E-state index is 6.10. The zero-order valence-electron chi connectivity index (χ0n) is 14.2. The van der Waals surface area contributed by atoms with Crippen LogP contribution in [0.2, 0.25) is 0 Å². The fraction of sp³-hybridized carbons (Fsp3) is 0.684. The van der Waals surface area contributed by atoms with Gasteiger partial charge in [-0.15, -0.1) is 0 Å². The van der Waals surface area contributed by atoms with E-state index in [0.29, 0.717) is 5.41 Å². The van der Waals surface area contributed by atoms with Crippen molar-refractivity contribution in [3.8, 4) is 0 Å². The zero-order valence-corrected chi connectivity index (χ0v) is 14.2. The molecular weight excluding hydrogens is 256 g/mol. The molecule has 0 radical (unpaired) electrons. The van der Waals surface area contributed by atoms with E-state index < -0.39 is 0 Å². The van der Waals surface area contributed by atoms with Crippen molar-refractivity contribution in [3.63, 3.8) is 0 Å². The molecule has 1 heterocycles. The zero-order chi connectivity index (χ0) is 15.5. The first-order valence-electron chi connectivity index (χ1n) is 8.52. The van der Waals surface area contributed by atoms with E-state index >= 15 is 0 Å². The average molecular weight is 288 g/mol. The van der Waals surface area contributed by atoms with Crippen molar-refractivity contribution in [1.29, 1.82) is 0 Å². The van der Waals surface area contributed by atoms with Crippen LogP contribution in [-0.4, -0.2) is 13.1 Å². The molecule has 1 saturated heterocycles. The van der Waals surface area contributed by atoms with Crippen LogP contribution in [0.25, 0.3) is 0 Å². The Balaban J connectivity index is 2.02. The van der Waals surface area contributed by atoms with Crippen molar-refractivity contribution in [3.05, 3.63) is 29.8 Å². The number of hydrogen-bond donors (Lipinski definition) is 1. The van der Waals surface area contributed by atoms with E-state index in [-0.39, 0.29) is 6.04 Å². The van der Waals surface area contributed by atoms with Gasteiger partial charge in [-0.05, 0) is 54.7 Å². The summed E-state index contributed by atoms with van der Waals surface area (Å²) < 4.78 is 0. The van der Waals surface area contributed by atoms with Gasteiger partial charge in [-0.25, -0.2) is 0 Å². The highest BCUT2D eigenvalue weighted by molar-refractivity contribution is 5.48. The van der Waals surface area contributed by atoms with Gasteiger partial charge in [-0.1, -0.05) is 39.8 Å². The van der Waals surface area contributed by atoms with Crippen molar-refractivity contribution in [2.24, 2.45) is 17.1 Å². The second-order valence-electron chi connectivity index (χ2n) is 7.59. The standard InChI is InChI=1S/C19H32N2/c1-5-18(20)15-8-10-17(11-9-15)21-13-6-7-16(12-14-21)19(2,3)4/h8-11,16,18H,5-7,12-14,20H2,1-4H3. The number of benzene rings is 1. The molecule has 2 heteroatoms. The monoisotopic (exact) mass is 288 g/mol. The van der Waals surface area contributed by atoms with Gasteiger partial charge in [0.2, 0.25) is 0 Å². The van der Waals surface area contributed by atoms with Crippen LogP contribution in [0.5, 0.6) is 0 Å². The van der Waals surface area contributed by atoms with E-state index in [4.69, 9.17) is 5.73 Å². The fourth-order valence-corrected chi connectivity index (χ4v) is 3.39. The lowest BCUT2D eigenvalue weighted by molar-refractivity contribution is 0.220. The SMILES string of the molecule is CCC(N)c1ccc(N2CCCC(C(C)(C)C)CC2)cc1. The fourth-order valence-electron chi connectivity index (χ4n) is 3.39. The molecule has 2 N–H and O–H groups in total. The van der Waals surface area contributed by atoms with Gasteiger partial charge in [0, 0.05) is 24.8 Å². The summed E-state index contributed by atoms with van der Waals surface area (Å²) in [4.78, 5) is 2.55. The van der Waals surface area contributed by atoms with Crippen LogP contribution < -0.4 is 10.6 Å². The summed E-state index contributed by atoms with van der Waals surface area (Å²) in [7, 11) is 0. The predicted molar refractivity (Wildman–Crippen MR) is 92.7 cm³/mol. The van der Waals surface area contributed by atoms with Crippen LogP contribution in [-0.2, 0) is 0 Å². The Bertz CT molecular complexity index is 430. The average Bonchev–Trinajstić information content (AvgIpc) is 2.72. The Labute approximate surface area is 130 Å². The van der Waals surface area contributed by atoms with Gasteiger partial charge >= 0.3 is 0 Å². The molecule has 1 fully saturated rings. The summed E-state index contributed by atoms with van der Waals surface area (Å²) in [6.45, 7) is 11.7. The third-order valence-corrected chi connectivity index (χ3v) is 5.08. The summed E-state index contributed by atoms with van der Waals surface area (Å²) in [6.07, 6.45) is 4.97. The smallest absolute Gasteiger partial charge is 0.0366 e. The molecule has 0 aliphatic carbocycles. The van der Waals surface area contributed by atoms with Crippen molar-refractivity contribution in [2.75, 3.05) is 18.0 Å². The second kappa shape index (κ2) is 6.83. The number of hydrogen-bond acceptors (Lipinski definition) is 2. The number of rotatable bonds is 3. The Hall–Kier alpha value is -1.02. The van der Waals surface area contributed by atoms with Gasteiger partial charge in [-0.3, -0.25) is 0 Å². The molecule has 0 saturated carbocycles. The predicted octanol–water partition coefficient (Wildman–Crippen LogP) is 4.75. The maximum absolute atomic E-state index is 6.10. The van der Waals surface area contributed by atoms with Gasteiger partial charge < -0.3 is 10.6 Å². The quantitative estimate of drug-likeness (QED) is 0.869. The first-order chi connectivity index (χ1) is 9.91. The molecule has 2 nitrogen and oxygen atoms in total. The van der Waals surface area contributed by atoms with E-state index in [2.05, 4.69) is 56.9 Å². The number of nitrogens with two attached hydrogens (primary N) is 1. The molecule has 2 unspecified atom stereocenters. The van der Waals surface area contributed by atoms with Crippen LogP contribution in [0.3, 0.4) is 0 Å². The highest BCUT2D eigenvalue weighted by Gasteiger charge is 2.27. The molecule has 2 rings (SSSR count). The first kappa shape index (κ1) is 16.4. The Kier molecular flexibility index (Phi) is 5.32. The van der Waals surface area contributed by atoms with Gasteiger partial charge in [-0.2, -0.15) is 0 Å². The molecule has 1 aromatic carbocycles. The summed E-state index contributed by atoms with van der Waals surface area (Å²) in [5.74, 6) is 0.843. The molecule has 0 bridgehead atoms. The Morgan fingerprint density at radius 3 is 2.38 bits per heavy atom. The second-order valence-corrected chi connectivity index (χ2v) is 7.59.